The second kappa shape index (κ2) is 4.63. The molecule has 0 amide bonds. The Morgan fingerprint density at radius 3 is 2.88 bits per heavy atom. The molecule has 0 spiro atoms. The molecule has 1 heterocycles. The van der Waals surface area contributed by atoms with Crippen molar-refractivity contribution in [1.82, 2.24) is 0 Å². The Morgan fingerprint density at radius 2 is 2.29 bits per heavy atom. The van der Waals surface area contributed by atoms with E-state index in [4.69, 9.17) is 20.3 Å². The van der Waals surface area contributed by atoms with E-state index in [-0.39, 0.29) is 13.3 Å². The van der Waals surface area contributed by atoms with Crippen molar-refractivity contribution in [2.45, 2.75) is 19.3 Å². The number of hydrogen-bond donors (Lipinski definition) is 2. The van der Waals surface area contributed by atoms with E-state index in [2.05, 4.69) is 0 Å². The van der Waals surface area contributed by atoms with Gasteiger partial charge in [-0.3, -0.25) is 4.79 Å². The fourth-order valence-electron chi connectivity index (χ4n) is 2.10. The molecule has 0 aromatic heterocycles. The molecule has 2 rings (SSSR count). The number of carboxylic acid groups (broad SMARTS) is 1. The molecule has 1 atom stereocenters. The molecule has 5 nitrogen and oxygen atoms in total. The van der Waals surface area contributed by atoms with Crippen LogP contribution in [-0.4, -0.2) is 24.4 Å². The zero-order chi connectivity index (χ0) is 12.4. The summed E-state index contributed by atoms with van der Waals surface area (Å²) in [4.78, 5) is 11.1. The van der Waals surface area contributed by atoms with E-state index in [1.165, 1.54) is 0 Å². The SMILES string of the molecule is CCc1c(C(CN)C(=O)O)ccc2c1OCO2. The number of aliphatic carboxylic acids is 1. The molecule has 1 aromatic carbocycles. The largest absolute Gasteiger partial charge is 0.481 e. The van der Waals surface area contributed by atoms with Crippen LogP contribution in [0.15, 0.2) is 12.1 Å². The molecule has 5 heteroatoms. The molecular formula is C12H15NO4. The number of nitrogens with two attached hydrogens (primary N) is 1. The monoisotopic (exact) mass is 237 g/mol. The molecule has 92 valence electrons. The summed E-state index contributed by atoms with van der Waals surface area (Å²) in [7, 11) is 0. The Labute approximate surface area is 99.1 Å². The van der Waals surface area contributed by atoms with Crippen LogP contribution in [0.25, 0.3) is 0 Å². The average Bonchev–Trinajstić information content (AvgIpc) is 2.77. The van der Waals surface area contributed by atoms with Crippen molar-refractivity contribution >= 4 is 5.97 Å². The molecule has 0 aliphatic carbocycles. The van der Waals surface area contributed by atoms with Crippen LogP contribution in [-0.2, 0) is 11.2 Å². The van der Waals surface area contributed by atoms with Gasteiger partial charge in [0.25, 0.3) is 0 Å². The van der Waals surface area contributed by atoms with Crippen molar-refractivity contribution in [2.24, 2.45) is 5.73 Å². The van der Waals surface area contributed by atoms with E-state index >= 15 is 0 Å². The first-order valence-corrected chi connectivity index (χ1v) is 5.53. The lowest BCUT2D eigenvalue weighted by atomic mass is 9.92. The zero-order valence-corrected chi connectivity index (χ0v) is 9.60. The van der Waals surface area contributed by atoms with E-state index < -0.39 is 11.9 Å². The molecule has 1 aliphatic heterocycles. The number of rotatable bonds is 4. The minimum absolute atomic E-state index is 0.0714. The van der Waals surface area contributed by atoms with Crippen molar-refractivity contribution < 1.29 is 19.4 Å². The van der Waals surface area contributed by atoms with Crippen molar-refractivity contribution in [3.8, 4) is 11.5 Å². The topological polar surface area (TPSA) is 81.8 Å². The van der Waals surface area contributed by atoms with Crippen molar-refractivity contribution in [3.05, 3.63) is 23.3 Å². The van der Waals surface area contributed by atoms with E-state index in [9.17, 15) is 4.79 Å². The van der Waals surface area contributed by atoms with Gasteiger partial charge in [-0.05, 0) is 18.1 Å². The molecule has 1 unspecified atom stereocenters. The summed E-state index contributed by atoms with van der Waals surface area (Å²) in [6.07, 6.45) is 0.686. The maximum absolute atomic E-state index is 11.1. The Hall–Kier alpha value is -1.75. The van der Waals surface area contributed by atoms with Crippen LogP contribution in [0.3, 0.4) is 0 Å². The summed E-state index contributed by atoms with van der Waals surface area (Å²) in [5.41, 5.74) is 7.11. The van der Waals surface area contributed by atoms with Gasteiger partial charge in [-0.1, -0.05) is 13.0 Å². The standard InChI is InChI=1S/C12H15NO4/c1-2-7-8(9(5-13)12(14)15)3-4-10-11(7)17-6-16-10/h3-4,9H,2,5-6,13H2,1H3,(H,14,15). The maximum Gasteiger partial charge on any atom is 0.312 e. The number of carboxylic acids is 1. The van der Waals surface area contributed by atoms with Crippen LogP contribution < -0.4 is 15.2 Å². The van der Waals surface area contributed by atoms with E-state index in [1.54, 1.807) is 12.1 Å². The Morgan fingerprint density at radius 1 is 1.53 bits per heavy atom. The summed E-state index contributed by atoms with van der Waals surface area (Å²) in [6.45, 7) is 2.21. The van der Waals surface area contributed by atoms with E-state index in [0.717, 1.165) is 5.56 Å². The van der Waals surface area contributed by atoms with Crippen molar-refractivity contribution in [3.63, 3.8) is 0 Å². The molecule has 1 aromatic rings. The molecule has 3 N–H and O–H groups in total. The predicted molar refractivity (Wildman–Crippen MR) is 61.4 cm³/mol. The molecule has 0 radical (unpaired) electrons. The van der Waals surface area contributed by atoms with Gasteiger partial charge in [-0.25, -0.2) is 0 Å². The second-order valence-electron chi connectivity index (χ2n) is 3.85. The molecule has 0 saturated carbocycles. The highest BCUT2D eigenvalue weighted by Crippen LogP contribution is 2.39. The minimum Gasteiger partial charge on any atom is -0.481 e. The maximum atomic E-state index is 11.1. The predicted octanol–water partition coefficient (Wildman–Crippen LogP) is 1.10. The van der Waals surface area contributed by atoms with Crippen LogP contribution in [0.4, 0.5) is 0 Å². The van der Waals surface area contributed by atoms with Gasteiger partial charge in [0.2, 0.25) is 6.79 Å². The lowest BCUT2D eigenvalue weighted by molar-refractivity contribution is -0.138. The summed E-state index contributed by atoms with van der Waals surface area (Å²) < 4.78 is 10.6. The molecular weight excluding hydrogens is 222 g/mol. The number of benzene rings is 1. The molecule has 0 fully saturated rings. The van der Waals surface area contributed by atoms with Gasteiger partial charge in [0.05, 0.1) is 5.92 Å². The van der Waals surface area contributed by atoms with Crippen molar-refractivity contribution in [2.75, 3.05) is 13.3 Å². The van der Waals surface area contributed by atoms with Crippen LogP contribution in [0, 0.1) is 0 Å². The van der Waals surface area contributed by atoms with Gasteiger partial charge in [0.1, 0.15) is 0 Å². The molecule has 17 heavy (non-hydrogen) atoms. The third-order valence-electron chi connectivity index (χ3n) is 2.94. The van der Waals surface area contributed by atoms with Crippen LogP contribution in [0.5, 0.6) is 11.5 Å². The third-order valence-corrected chi connectivity index (χ3v) is 2.94. The number of ether oxygens (including phenoxy) is 2. The summed E-state index contributed by atoms with van der Waals surface area (Å²) in [5, 5.41) is 9.14. The second-order valence-corrected chi connectivity index (χ2v) is 3.85. The number of fused-ring (bicyclic) bond motifs is 1. The van der Waals surface area contributed by atoms with E-state index in [0.29, 0.717) is 23.5 Å². The summed E-state index contributed by atoms with van der Waals surface area (Å²) in [6, 6.07) is 3.50. The fraction of sp³-hybridized carbons (Fsp3) is 0.417. The van der Waals surface area contributed by atoms with Gasteiger partial charge in [-0.15, -0.1) is 0 Å². The molecule has 0 saturated heterocycles. The van der Waals surface area contributed by atoms with Crippen LogP contribution >= 0.6 is 0 Å². The number of carbonyl (C=O) groups is 1. The number of hydrogen-bond acceptors (Lipinski definition) is 4. The Kier molecular flexibility index (Phi) is 3.19. The average molecular weight is 237 g/mol. The van der Waals surface area contributed by atoms with Gasteiger partial charge >= 0.3 is 5.97 Å². The van der Waals surface area contributed by atoms with Gasteiger partial charge in [0.15, 0.2) is 11.5 Å². The minimum atomic E-state index is -0.916. The summed E-state index contributed by atoms with van der Waals surface area (Å²) >= 11 is 0. The zero-order valence-electron chi connectivity index (χ0n) is 9.60. The Bertz CT molecular complexity index is 444. The fourth-order valence-corrected chi connectivity index (χ4v) is 2.10. The van der Waals surface area contributed by atoms with E-state index in [1.807, 2.05) is 6.92 Å². The quantitative estimate of drug-likeness (QED) is 0.819. The molecule has 0 bridgehead atoms. The van der Waals surface area contributed by atoms with Gasteiger partial charge < -0.3 is 20.3 Å². The third kappa shape index (κ3) is 1.93. The summed E-state index contributed by atoms with van der Waals surface area (Å²) in [5.74, 6) is -0.281. The van der Waals surface area contributed by atoms with Crippen LogP contribution in [0.2, 0.25) is 0 Å². The highest BCUT2D eigenvalue weighted by atomic mass is 16.7. The lowest BCUT2D eigenvalue weighted by Crippen LogP contribution is -2.22. The lowest BCUT2D eigenvalue weighted by Gasteiger charge is -2.16. The molecule has 1 aliphatic rings. The highest BCUT2D eigenvalue weighted by molar-refractivity contribution is 5.78. The first kappa shape index (κ1) is 11.7. The first-order chi connectivity index (χ1) is 8.19. The van der Waals surface area contributed by atoms with Gasteiger partial charge in [0, 0.05) is 12.1 Å². The smallest absolute Gasteiger partial charge is 0.312 e. The highest BCUT2D eigenvalue weighted by Gasteiger charge is 2.26. The normalized spacial score (nSPS) is 14.7. The van der Waals surface area contributed by atoms with Gasteiger partial charge in [-0.2, -0.15) is 0 Å². The first-order valence-electron chi connectivity index (χ1n) is 5.53. The van der Waals surface area contributed by atoms with Crippen molar-refractivity contribution in [1.29, 1.82) is 0 Å². The van der Waals surface area contributed by atoms with Crippen LogP contribution in [0.1, 0.15) is 24.0 Å². The Balaban J connectivity index is 2.51.